The number of methoxy groups -OCH3 is 1. The molecule has 0 amide bonds. The first-order valence-corrected chi connectivity index (χ1v) is 5.43. The van der Waals surface area contributed by atoms with Crippen molar-refractivity contribution in [1.82, 2.24) is 0 Å². The molecule has 15 heavy (non-hydrogen) atoms. The number of rotatable bonds is 3. The summed E-state index contributed by atoms with van der Waals surface area (Å²) in [5.41, 5.74) is 1.44. The summed E-state index contributed by atoms with van der Waals surface area (Å²) in [6, 6.07) is 9.59. The van der Waals surface area contributed by atoms with E-state index in [1.54, 1.807) is 6.08 Å². The molecule has 0 fully saturated rings. The van der Waals surface area contributed by atoms with Crippen LogP contribution in [0.15, 0.2) is 46.1 Å². The van der Waals surface area contributed by atoms with Gasteiger partial charge >= 0.3 is 5.97 Å². The van der Waals surface area contributed by atoms with E-state index in [-0.39, 0.29) is 5.97 Å². The van der Waals surface area contributed by atoms with Crippen LogP contribution in [0.3, 0.4) is 0 Å². The van der Waals surface area contributed by atoms with Gasteiger partial charge in [-0.15, -0.1) is 0 Å². The zero-order valence-electron chi connectivity index (χ0n) is 8.37. The lowest BCUT2D eigenvalue weighted by molar-refractivity contribution is -0.135. The fourth-order valence-electron chi connectivity index (χ4n) is 1.07. The van der Waals surface area contributed by atoms with E-state index in [0.29, 0.717) is 9.15 Å². The molecule has 0 saturated heterocycles. The van der Waals surface area contributed by atoms with Gasteiger partial charge in [0.2, 0.25) is 0 Å². The molecule has 0 aliphatic heterocycles. The average Bonchev–Trinajstić information content (AvgIpc) is 2.26. The molecule has 0 aliphatic carbocycles. The van der Waals surface area contributed by atoms with Crippen molar-refractivity contribution in [2.45, 2.75) is 0 Å². The van der Waals surface area contributed by atoms with E-state index in [9.17, 15) is 4.79 Å². The zero-order chi connectivity index (χ0) is 11.3. The van der Waals surface area contributed by atoms with Crippen molar-refractivity contribution in [3.05, 3.63) is 51.6 Å². The number of benzene rings is 1. The highest BCUT2D eigenvalue weighted by atomic mass is 127. The molecule has 0 N–H and O–H groups in total. The topological polar surface area (TPSA) is 26.3 Å². The molecule has 0 aromatic heterocycles. The minimum atomic E-state index is -0.363. The highest BCUT2D eigenvalue weighted by Crippen LogP contribution is 2.19. The largest absolute Gasteiger partial charge is 0.465 e. The van der Waals surface area contributed by atoms with E-state index in [1.807, 2.05) is 52.9 Å². The molecule has 0 spiro atoms. The van der Waals surface area contributed by atoms with Crippen molar-refractivity contribution >= 4 is 34.6 Å². The molecule has 0 aliphatic rings. The van der Waals surface area contributed by atoms with Crippen molar-refractivity contribution in [1.29, 1.82) is 0 Å². The Balaban J connectivity index is 3.05. The highest BCUT2D eigenvalue weighted by Gasteiger charge is 2.10. The highest BCUT2D eigenvalue weighted by molar-refractivity contribution is 14.1. The first kappa shape index (κ1) is 12.0. The number of hydrogen-bond acceptors (Lipinski definition) is 2. The van der Waals surface area contributed by atoms with Crippen LogP contribution in [0, 0.1) is 0 Å². The van der Waals surface area contributed by atoms with Gasteiger partial charge in [0.05, 0.1) is 12.7 Å². The second-order valence-corrected chi connectivity index (χ2v) is 4.17. The molecule has 2 nitrogen and oxygen atoms in total. The molecule has 0 heterocycles. The molecular weight excluding hydrogens is 303 g/mol. The summed E-state index contributed by atoms with van der Waals surface area (Å²) in [5.74, 6) is -0.363. The number of halogens is 1. The Labute approximate surface area is 103 Å². The Hall–Kier alpha value is -1.10. The lowest BCUT2D eigenvalue weighted by Crippen LogP contribution is -2.04. The van der Waals surface area contributed by atoms with Crippen molar-refractivity contribution in [3.8, 4) is 0 Å². The normalized spacial score (nSPS) is 10.9. The van der Waals surface area contributed by atoms with Crippen LogP contribution in [0.1, 0.15) is 5.56 Å². The van der Waals surface area contributed by atoms with Gasteiger partial charge in [0, 0.05) is 3.58 Å². The van der Waals surface area contributed by atoms with Crippen LogP contribution in [0.25, 0.3) is 6.08 Å². The molecule has 0 bridgehead atoms. The number of hydrogen-bond donors (Lipinski definition) is 0. The minimum absolute atomic E-state index is 0.363. The van der Waals surface area contributed by atoms with Crippen molar-refractivity contribution in [3.63, 3.8) is 0 Å². The Morgan fingerprint density at radius 1 is 1.40 bits per heavy atom. The van der Waals surface area contributed by atoms with E-state index in [1.165, 1.54) is 7.11 Å². The fourth-order valence-corrected chi connectivity index (χ4v) is 1.45. The van der Waals surface area contributed by atoms with Gasteiger partial charge in [0.15, 0.2) is 0 Å². The van der Waals surface area contributed by atoms with Gasteiger partial charge in [-0.3, -0.25) is 0 Å². The van der Waals surface area contributed by atoms with Gasteiger partial charge in [-0.2, -0.15) is 0 Å². The Morgan fingerprint density at radius 2 is 2.00 bits per heavy atom. The van der Waals surface area contributed by atoms with Gasteiger partial charge < -0.3 is 4.74 Å². The monoisotopic (exact) mass is 314 g/mol. The zero-order valence-corrected chi connectivity index (χ0v) is 10.5. The Bertz CT molecular complexity index is 393. The lowest BCUT2D eigenvalue weighted by atomic mass is 10.1. The van der Waals surface area contributed by atoms with E-state index in [4.69, 9.17) is 0 Å². The molecule has 0 unspecified atom stereocenters. The standard InChI is InChI=1S/C12H11IO2/c1-9(13)11(12(14)15-2)8-10-6-4-3-5-7-10/h3-8H,1H2,2H3/b11-8+. The SMILES string of the molecule is C=C(I)/C(=C\c1ccccc1)C(=O)OC. The van der Waals surface area contributed by atoms with Gasteiger partial charge in [0.1, 0.15) is 0 Å². The van der Waals surface area contributed by atoms with Gasteiger partial charge in [-0.1, -0.05) is 36.9 Å². The third-order valence-electron chi connectivity index (χ3n) is 1.81. The Morgan fingerprint density at radius 3 is 2.47 bits per heavy atom. The summed E-state index contributed by atoms with van der Waals surface area (Å²) in [4.78, 5) is 11.4. The van der Waals surface area contributed by atoms with Crippen LogP contribution in [0.5, 0.6) is 0 Å². The summed E-state index contributed by atoms with van der Waals surface area (Å²) in [6.45, 7) is 3.74. The first-order valence-electron chi connectivity index (χ1n) is 4.35. The minimum Gasteiger partial charge on any atom is -0.465 e. The number of esters is 1. The average molecular weight is 314 g/mol. The van der Waals surface area contributed by atoms with E-state index in [2.05, 4.69) is 11.3 Å². The van der Waals surface area contributed by atoms with E-state index in [0.717, 1.165) is 5.56 Å². The first-order chi connectivity index (χ1) is 7.15. The summed E-state index contributed by atoms with van der Waals surface area (Å²) < 4.78 is 5.34. The molecule has 1 aromatic rings. The van der Waals surface area contributed by atoms with Gasteiger partial charge in [-0.05, 0) is 34.2 Å². The maximum atomic E-state index is 11.4. The third kappa shape index (κ3) is 3.51. The molecular formula is C12H11IO2. The van der Waals surface area contributed by atoms with Crippen LogP contribution in [-0.2, 0) is 9.53 Å². The third-order valence-corrected chi connectivity index (χ3v) is 2.39. The molecule has 0 atom stereocenters. The maximum absolute atomic E-state index is 11.4. The van der Waals surface area contributed by atoms with Gasteiger partial charge in [-0.25, -0.2) is 4.79 Å². The van der Waals surface area contributed by atoms with E-state index >= 15 is 0 Å². The molecule has 0 radical (unpaired) electrons. The van der Waals surface area contributed by atoms with Crippen LogP contribution < -0.4 is 0 Å². The Kier molecular flexibility index (Phi) is 4.55. The predicted octanol–water partition coefficient (Wildman–Crippen LogP) is 3.19. The molecule has 78 valence electrons. The maximum Gasteiger partial charge on any atom is 0.338 e. The molecule has 1 rings (SSSR count). The predicted molar refractivity (Wildman–Crippen MR) is 69.6 cm³/mol. The number of ether oxygens (including phenoxy) is 1. The smallest absolute Gasteiger partial charge is 0.338 e. The van der Waals surface area contributed by atoms with Crippen molar-refractivity contribution in [2.24, 2.45) is 0 Å². The van der Waals surface area contributed by atoms with Gasteiger partial charge in [0.25, 0.3) is 0 Å². The van der Waals surface area contributed by atoms with Crippen LogP contribution in [0.4, 0.5) is 0 Å². The van der Waals surface area contributed by atoms with Crippen LogP contribution in [-0.4, -0.2) is 13.1 Å². The molecule has 1 aromatic carbocycles. The second-order valence-electron chi connectivity index (χ2n) is 2.87. The van der Waals surface area contributed by atoms with Crippen LogP contribution >= 0.6 is 22.6 Å². The molecule has 3 heteroatoms. The second kappa shape index (κ2) is 5.70. The quantitative estimate of drug-likeness (QED) is 0.371. The van der Waals surface area contributed by atoms with Crippen molar-refractivity contribution < 1.29 is 9.53 Å². The molecule has 0 saturated carbocycles. The van der Waals surface area contributed by atoms with Crippen LogP contribution in [0.2, 0.25) is 0 Å². The summed E-state index contributed by atoms with van der Waals surface area (Å²) in [5, 5.41) is 0. The van der Waals surface area contributed by atoms with E-state index < -0.39 is 0 Å². The summed E-state index contributed by atoms with van der Waals surface area (Å²) in [7, 11) is 1.36. The lowest BCUT2D eigenvalue weighted by Gasteiger charge is -2.03. The number of carbonyl (C=O) groups is 1. The number of carbonyl (C=O) groups excluding carboxylic acids is 1. The fraction of sp³-hybridized carbons (Fsp3) is 0.0833. The summed E-state index contributed by atoms with van der Waals surface area (Å²) >= 11 is 2.01. The van der Waals surface area contributed by atoms with Crippen molar-refractivity contribution in [2.75, 3.05) is 7.11 Å². The summed E-state index contributed by atoms with van der Waals surface area (Å²) in [6.07, 6.45) is 1.76.